The van der Waals surface area contributed by atoms with Crippen molar-refractivity contribution in [2.24, 2.45) is 0 Å². The van der Waals surface area contributed by atoms with E-state index in [-0.39, 0.29) is 28.9 Å². The van der Waals surface area contributed by atoms with Crippen LogP contribution in [-0.2, 0) is 22.0 Å². The van der Waals surface area contributed by atoms with Gasteiger partial charge in [0.2, 0.25) is 5.91 Å². The molecular formula is C37H42N2O4. The van der Waals surface area contributed by atoms with E-state index < -0.39 is 12.0 Å². The number of fused-ring (bicyclic) bond motifs is 2. The highest BCUT2D eigenvalue weighted by Gasteiger charge is 2.42. The number of aromatic hydroxyl groups is 1. The molecule has 6 nitrogen and oxygen atoms in total. The van der Waals surface area contributed by atoms with Gasteiger partial charge in [-0.3, -0.25) is 9.59 Å². The molecule has 0 saturated heterocycles. The van der Waals surface area contributed by atoms with Gasteiger partial charge >= 0.3 is 0 Å². The molecule has 0 bridgehead atoms. The number of para-hydroxylation sites is 1. The summed E-state index contributed by atoms with van der Waals surface area (Å²) >= 11 is 0. The third-order valence-electron chi connectivity index (χ3n) is 8.57. The van der Waals surface area contributed by atoms with Crippen LogP contribution in [0.2, 0.25) is 0 Å². The number of carbonyl (C=O) groups excluding carboxylic acids is 2. The Morgan fingerprint density at radius 2 is 1.53 bits per heavy atom. The van der Waals surface area contributed by atoms with Crippen LogP contribution in [0.3, 0.4) is 0 Å². The summed E-state index contributed by atoms with van der Waals surface area (Å²) in [6, 6.07) is 17.1. The van der Waals surface area contributed by atoms with Crippen LogP contribution in [0.5, 0.6) is 5.75 Å². The molecule has 0 fully saturated rings. The molecule has 1 amide bonds. The van der Waals surface area contributed by atoms with Crippen molar-refractivity contribution in [1.82, 2.24) is 4.98 Å². The van der Waals surface area contributed by atoms with Crippen molar-refractivity contribution in [3.63, 3.8) is 0 Å². The number of phenolic OH excluding ortho intramolecular Hbond substituents is 1. The van der Waals surface area contributed by atoms with Gasteiger partial charge in [0.1, 0.15) is 5.75 Å². The van der Waals surface area contributed by atoms with Gasteiger partial charge in [0.05, 0.1) is 28.9 Å². The number of amides is 1. The van der Waals surface area contributed by atoms with E-state index in [9.17, 15) is 19.8 Å². The van der Waals surface area contributed by atoms with E-state index in [4.69, 9.17) is 4.98 Å². The Bertz CT molecular complexity index is 1720. The minimum Gasteiger partial charge on any atom is -0.507 e. The third kappa shape index (κ3) is 5.68. The molecule has 1 aromatic heterocycles. The number of aryl methyl sites for hydroxylation is 3. The predicted molar refractivity (Wildman–Crippen MR) is 172 cm³/mol. The number of hydrogen-bond donors (Lipinski definition) is 3. The van der Waals surface area contributed by atoms with Crippen molar-refractivity contribution >= 4 is 28.3 Å². The molecule has 6 heteroatoms. The molecule has 224 valence electrons. The number of benzene rings is 3. The largest absolute Gasteiger partial charge is 0.507 e. The van der Waals surface area contributed by atoms with Gasteiger partial charge in [0.25, 0.3) is 0 Å². The second kappa shape index (κ2) is 10.9. The number of aromatic nitrogens is 1. The maximum Gasteiger partial charge on any atom is 0.224 e. The number of anilines is 1. The smallest absolute Gasteiger partial charge is 0.224 e. The molecule has 0 spiro atoms. The summed E-state index contributed by atoms with van der Waals surface area (Å²) in [5.74, 6) is -0.759. The first-order valence-corrected chi connectivity index (χ1v) is 15.0. The fourth-order valence-electron chi connectivity index (χ4n) is 6.19. The average Bonchev–Trinajstić information content (AvgIpc) is 3.19. The zero-order chi connectivity index (χ0) is 31.4. The number of phenols is 1. The number of aliphatic hydroxyl groups is 1. The van der Waals surface area contributed by atoms with E-state index in [1.165, 1.54) is 0 Å². The highest BCUT2D eigenvalue weighted by Crippen LogP contribution is 2.45. The number of aliphatic hydroxyl groups excluding tert-OH is 1. The van der Waals surface area contributed by atoms with Crippen LogP contribution in [0.1, 0.15) is 109 Å². The minimum atomic E-state index is -0.976. The van der Waals surface area contributed by atoms with Gasteiger partial charge in [-0.25, -0.2) is 4.98 Å². The van der Waals surface area contributed by atoms with Gasteiger partial charge in [-0.1, -0.05) is 84.0 Å². The summed E-state index contributed by atoms with van der Waals surface area (Å²) in [6.45, 7) is 16.2. The predicted octanol–water partition coefficient (Wildman–Crippen LogP) is 7.74. The van der Waals surface area contributed by atoms with Crippen LogP contribution < -0.4 is 5.32 Å². The molecule has 0 aliphatic heterocycles. The molecule has 5 rings (SSSR count). The summed E-state index contributed by atoms with van der Waals surface area (Å²) in [5.41, 5.74) is 6.86. The van der Waals surface area contributed by atoms with Crippen LogP contribution in [0.4, 0.5) is 5.69 Å². The molecule has 0 radical (unpaired) electrons. The van der Waals surface area contributed by atoms with Crippen LogP contribution in [0, 0.1) is 13.8 Å². The highest BCUT2D eigenvalue weighted by atomic mass is 16.3. The maximum atomic E-state index is 13.5. The van der Waals surface area contributed by atoms with E-state index in [0.717, 1.165) is 33.2 Å². The summed E-state index contributed by atoms with van der Waals surface area (Å²) in [4.78, 5) is 31.6. The van der Waals surface area contributed by atoms with Gasteiger partial charge < -0.3 is 15.5 Å². The maximum absolute atomic E-state index is 13.5. The van der Waals surface area contributed by atoms with Crippen molar-refractivity contribution in [2.45, 2.75) is 91.1 Å². The quantitative estimate of drug-likeness (QED) is 0.225. The van der Waals surface area contributed by atoms with Gasteiger partial charge in [-0.15, -0.1) is 0 Å². The second-order valence-corrected chi connectivity index (χ2v) is 14.0. The molecule has 2 atom stereocenters. The van der Waals surface area contributed by atoms with Crippen molar-refractivity contribution in [2.75, 3.05) is 5.32 Å². The summed E-state index contributed by atoms with van der Waals surface area (Å²) in [6.07, 6.45) is -0.209. The molecule has 3 N–H and O–H groups in total. The highest BCUT2D eigenvalue weighted by molar-refractivity contribution is 6.08. The lowest BCUT2D eigenvalue weighted by atomic mass is 9.78. The monoisotopic (exact) mass is 578 g/mol. The van der Waals surface area contributed by atoms with Crippen LogP contribution in [0.15, 0.2) is 54.6 Å². The van der Waals surface area contributed by atoms with Gasteiger partial charge in [-0.2, -0.15) is 0 Å². The zero-order valence-electron chi connectivity index (χ0n) is 26.4. The number of nitrogens with one attached hydrogen (secondary N) is 1. The van der Waals surface area contributed by atoms with E-state index in [1.54, 1.807) is 6.07 Å². The second-order valence-electron chi connectivity index (χ2n) is 14.0. The lowest BCUT2D eigenvalue weighted by Crippen LogP contribution is -2.18. The van der Waals surface area contributed by atoms with Crippen LogP contribution in [-0.4, -0.2) is 26.9 Å². The number of ketones is 1. The Morgan fingerprint density at radius 3 is 2.14 bits per heavy atom. The normalized spacial score (nSPS) is 16.9. The molecule has 4 aromatic rings. The van der Waals surface area contributed by atoms with Crippen molar-refractivity contribution in [1.29, 1.82) is 0 Å². The zero-order valence-corrected chi connectivity index (χ0v) is 26.4. The average molecular weight is 579 g/mol. The Labute approximate surface area is 254 Å². The lowest BCUT2D eigenvalue weighted by molar-refractivity contribution is -0.116. The van der Waals surface area contributed by atoms with Crippen LogP contribution in [0.25, 0.3) is 10.9 Å². The lowest BCUT2D eigenvalue weighted by Gasteiger charge is -2.28. The molecular weight excluding hydrogens is 536 g/mol. The summed E-state index contributed by atoms with van der Waals surface area (Å²) < 4.78 is 0. The number of Topliss-reactive ketones (excluding diaryl/α,β-unsaturated/α-hetero) is 1. The number of carbonyl (C=O) groups is 2. The van der Waals surface area contributed by atoms with Crippen molar-refractivity contribution in [3.05, 3.63) is 99.2 Å². The summed E-state index contributed by atoms with van der Waals surface area (Å²) in [5, 5.41) is 26.2. The summed E-state index contributed by atoms with van der Waals surface area (Å²) in [7, 11) is 0. The molecule has 3 aromatic carbocycles. The molecule has 0 saturated carbocycles. The topological polar surface area (TPSA) is 99.5 Å². The SMILES string of the molecule is Cc1ccc(C)c2c1C(=O)C(c1ccc3cccc(NC(=O)CCc4cc(C(C)(C)C)c(O)c(C(C)(C)C)c4)c3n1)C2O. The Kier molecular flexibility index (Phi) is 7.72. The molecule has 2 unspecified atom stereocenters. The van der Waals surface area contributed by atoms with E-state index in [2.05, 4.69) is 46.9 Å². The minimum absolute atomic E-state index is 0.129. The molecule has 1 heterocycles. The van der Waals surface area contributed by atoms with Gasteiger partial charge in [0.15, 0.2) is 5.78 Å². The Hall–Kier alpha value is -4.03. The fourth-order valence-corrected chi connectivity index (χ4v) is 6.19. The van der Waals surface area contributed by atoms with Crippen molar-refractivity contribution < 1.29 is 19.8 Å². The first-order valence-electron chi connectivity index (χ1n) is 15.0. The Balaban J connectivity index is 1.41. The first kappa shape index (κ1) is 30.4. The van der Waals surface area contributed by atoms with Crippen molar-refractivity contribution in [3.8, 4) is 5.75 Å². The molecule has 43 heavy (non-hydrogen) atoms. The van der Waals surface area contributed by atoms with Gasteiger partial charge in [0, 0.05) is 17.4 Å². The Morgan fingerprint density at radius 1 is 0.907 bits per heavy atom. The fraction of sp³-hybridized carbons (Fsp3) is 0.378. The number of nitrogens with zero attached hydrogens (tertiary/aromatic N) is 1. The molecule has 1 aliphatic carbocycles. The van der Waals surface area contributed by atoms with Gasteiger partial charge in [-0.05, 0) is 76.6 Å². The number of rotatable bonds is 5. The number of pyridine rings is 1. The van der Waals surface area contributed by atoms with Crippen LogP contribution >= 0.6 is 0 Å². The number of hydrogen-bond acceptors (Lipinski definition) is 5. The van der Waals surface area contributed by atoms with E-state index >= 15 is 0 Å². The first-order chi connectivity index (χ1) is 20.1. The third-order valence-corrected chi connectivity index (χ3v) is 8.57. The van der Waals surface area contributed by atoms with E-state index in [0.29, 0.717) is 40.2 Å². The standard InChI is InChI=1S/C37H42N2O4/c1-20-12-13-21(2)30-29(20)34(42)31(35(30)43)26-16-15-23-10-9-11-27(32(23)39-26)38-28(40)17-14-22-18-24(36(3,4)5)33(41)25(19-22)37(6,7)8/h9-13,15-16,18-19,31,34,41-42H,14,17H2,1-8H3,(H,38,40). The molecule has 1 aliphatic rings. The van der Waals surface area contributed by atoms with E-state index in [1.807, 2.05) is 62.4 Å².